The molecule has 0 N–H and O–H groups in total. The summed E-state index contributed by atoms with van der Waals surface area (Å²) in [6.07, 6.45) is -3.69. The van der Waals surface area contributed by atoms with E-state index < -0.39 is 12.1 Å². The van der Waals surface area contributed by atoms with Crippen molar-refractivity contribution in [3.8, 4) is 6.07 Å². The number of hydrogen-bond acceptors (Lipinski definition) is 3. The third kappa shape index (κ3) is 6.11. The van der Waals surface area contributed by atoms with E-state index in [1.54, 1.807) is 7.11 Å². The molecule has 0 aliphatic rings. The van der Waals surface area contributed by atoms with Gasteiger partial charge in [0.05, 0.1) is 6.07 Å². The fourth-order valence-corrected chi connectivity index (χ4v) is 1.70. The second-order valence-electron chi connectivity index (χ2n) is 2.64. The average Bonchev–Trinajstić information content (AvgIpc) is 2.09. The Morgan fingerprint density at radius 1 is 1.50 bits per heavy atom. The van der Waals surface area contributed by atoms with E-state index in [9.17, 15) is 13.2 Å². The molecule has 0 aliphatic heterocycles. The van der Waals surface area contributed by atoms with Crippen molar-refractivity contribution in [3.63, 3.8) is 0 Å². The molecule has 0 saturated carbocycles. The fourth-order valence-electron chi connectivity index (χ4n) is 0.711. The summed E-state index contributed by atoms with van der Waals surface area (Å²) < 4.78 is 40.8. The SMILES string of the molecule is COCCCSCC(C#N)C(F)(F)F. The number of rotatable bonds is 6. The summed E-state index contributed by atoms with van der Waals surface area (Å²) in [4.78, 5) is 0. The van der Waals surface area contributed by atoms with Crippen molar-refractivity contribution in [3.05, 3.63) is 0 Å². The number of alkyl halides is 3. The second kappa shape index (κ2) is 6.96. The molecular formula is C8H12F3NOS. The third-order valence-electron chi connectivity index (χ3n) is 1.47. The first-order chi connectivity index (χ1) is 6.52. The lowest BCUT2D eigenvalue weighted by atomic mass is 10.2. The van der Waals surface area contributed by atoms with Gasteiger partial charge in [0.25, 0.3) is 0 Å². The van der Waals surface area contributed by atoms with Crippen molar-refractivity contribution in [2.75, 3.05) is 25.2 Å². The fraction of sp³-hybridized carbons (Fsp3) is 0.875. The summed E-state index contributed by atoms with van der Waals surface area (Å²) in [6.45, 7) is 0.538. The van der Waals surface area contributed by atoms with E-state index in [4.69, 9.17) is 10.00 Å². The molecule has 6 heteroatoms. The van der Waals surface area contributed by atoms with Crippen molar-refractivity contribution < 1.29 is 17.9 Å². The Balaban J connectivity index is 3.61. The smallest absolute Gasteiger partial charge is 0.385 e. The number of halogens is 3. The van der Waals surface area contributed by atoms with Gasteiger partial charge in [-0.15, -0.1) is 0 Å². The van der Waals surface area contributed by atoms with Crippen LogP contribution in [0.4, 0.5) is 13.2 Å². The summed E-state index contributed by atoms with van der Waals surface area (Å²) in [5, 5.41) is 8.26. The zero-order valence-electron chi connectivity index (χ0n) is 7.80. The van der Waals surface area contributed by atoms with Gasteiger partial charge in [-0.1, -0.05) is 0 Å². The zero-order valence-corrected chi connectivity index (χ0v) is 8.62. The predicted octanol–water partition coefficient (Wildman–Crippen LogP) is 2.46. The molecule has 1 atom stereocenters. The summed E-state index contributed by atoms with van der Waals surface area (Å²) in [5.41, 5.74) is 0. The van der Waals surface area contributed by atoms with Crippen molar-refractivity contribution in [2.24, 2.45) is 5.92 Å². The molecule has 0 aromatic rings. The van der Waals surface area contributed by atoms with Gasteiger partial charge in [-0.2, -0.15) is 30.2 Å². The molecule has 0 spiro atoms. The van der Waals surface area contributed by atoms with Crippen LogP contribution in [0.15, 0.2) is 0 Å². The standard InChI is InChI=1S/C8H12F3NOS/c1-13-3-2-4-14-6-7(5-12)8(9,10)11/h7H,2-4,6H2,1H3. The van der Waals surface area contributed by atoms with E-state index >= 15 is 0 Å². The van der Waals surface area contributed by atoms with Gasteiger partial charge in [0, 0.05) is 19.5 Å². The number of hydrogen-bond donors (Lipinski definition) is 0. The maximum Gasteiger partial charge on any atom is 0.405 e. The molecule has 0 fully saturated rings. The number of nitriles is 1. The van der Waals surface area contributed by atoms with E-state index in [1.807, 2.05) is 0 Å². The highest BCUT2D eigenvalue weighted by Gasteiger charge is 2.39. The van der Waals surface area contributed by atoms with E-state index in [-0.39, 0.29) is 5.75 Å². The highest BCUT2D eigenvalue weighted by atomic mass is 32.2. The van der Waals surface area contributed by atoms with Crippen LogP contribution in [0.3, 0.4) is 0 Å². The molecular weight excluding hydrogens is 215 g/mol. The third-order valence-corrected chi connectivity index (χ3v) is 2.62. The first-order valence-electron chi connectivity index (χ1n) is 4.05. The molecule has 0 amide bonds. The molecule has 0 bridgehead atoms. The van der Waals surface area contributed by atoms with Gasteiger partial charge >= 0.3 is 6.18 Å². The van der Waals surface area contributed by atoms with Crippen LogP contribution in [0.1, 0.15) is 6.42 Å². The number of nitrogens with zero attached hydrogens (tertiary/aromatic N) is 1. The minimum absolute atomic E-state index is 0.191. The minimum atomic E-state index is -4.40. The van der Waals surface area contributed by atoms with Crippen molar-refractivity contribution in [1.82, 2.24) is 0 Å². The molecule has 1 unspecified atom stereocenters. The maximum atomic E-state index is 12.0. The lowest BCUT2D eigenvalue weighted by molar-refractivity contribution is -0.152. The Hall–Kier alpha value is -0.410. The maximum absolute atomic E-state index is 12.0. The summed E-state index contributed by atoms with van der Waals surface area (Å²) in [7, 11) is 1.54. The van der Waals surface area contributed by atoms with Gasteiger partial charge in [-0.05, 0) is 12.2 Å². The van der Waals surface area contributed by atoms with E-state index in [1.165, 1.54) is 6.07 Å². The van der Waals surface area contributed by atoms with Crippen LogP contribution < -0.4 is 0 Å². The molecule has 0 radical (unpaired) electrons. The van der Waals surface area contributed by atoms with E-state index in [0.717, 1.165) is 11.8 Å². The van der Waals surface area contributed by atoms with Crippen LogP contribution in [0.25, 0.3) is 0 Å². The van der Waals surface area contributed by atoms with Crippen LogP contribution in [0.5, 0.6) is 0 Å². The first kappa shape index (κ1) is 13.6. The Bertz CT molecular complexity index is 190. The van der Waals surface area contributed by atoms with Crippen molar-refractivity contribution in [1.29, 1.82) is 5.26 Å². The van der Waals surface area contributed by atoms with Gasteiger partial charge in [0.1, 0.15) is 0 Å². The lowest BCUT2D eigenvalue weighted by Gasteiger charge is -2.12. The summed E-state index contributed by atoms with van der Waals surface area (Å²) >= 11 is 1.13. The summed E-state index contributed by atoms with van der Waals surface area (Å²) in [5.74, 6) is -1.46. The quantitative estimate of drug-likeness (QED) is 0.653. The minimum Gasteiger partial charge on any atom is -0.385 e. The molecule has 0 saturated heterocycles. The predicted molar refractivity (Wildman–Crippen MR) is 49.0 cm³/mol. The summed E-state index contributed by atoms with van der Waals surface area (Å²) in [6, 6.07) is 1.26. The molecule has 0 rings (SSSR count). The van der Waals surface area contributed by atoms with Crippen molar-refractivity contribution in [2.45, 2.75) is 12.6 Å². The number of methoxy groups -OCH3 is 1. The largest absolute Gasteiger partial charge is 0.405 e. The monoisotopic (exact) mass is 227 g/mol. The Morgan fingerprint density at radius 3 is 2.57 bits per heavy atom. The van der Waals surface area contributed by atoms with Gasteiger partial charge in [-0.3, -0.25) is 0 Å². The zero-order chi connectivity index (χ0) is 11.0. The Morgan fingerprint density at radius 2 is 2.14 bits per heavy atom. The van der Waals surface area contributed by atoms with E-state index in [2.05, 4.69) is 0 Å². The van der Waals surface area contributed by atoms with Gasteiger partial charge in [0.15, 0.2) is 5.92 Å². The van der Waals surface area contributed by atoms with Crippen molar-refractivity contribution >= 4 is 11.8 Å². The number of ether oxygens (including phenoxy) is 1. The Labute approximate surface area is 85.4 Å². The normalized spacial score (nSPS) is 13.6. The van der Waals surface area contributed by atoms with E-state index in [0.29, 0.717) is 18.8 Å². The highest BCUT2D eigenvalue weighted by molar-refractivity contribution is 7.99. The molecule has 0 aromatic carbocycles. The Kier molecular flexibility index (Phi) is 6.75. The highest BCUT2D eigenvalue weighted by Crippen LogP contribution is 2.28. The molecule has 0 aliphatic carbocycles. The average molecular weight is 227 g/mol. The molecule has 2 nitrogen and oxygen atoms in total. The van der Waals surface area contributed by atoms with Crippen LogP contribution in [-0.4, -0.2) is 31.4 Å². The lowest BCUT2D eigenvalue weighted by Crippen LogP contribution is -2.23. The molecule has 82 valence electrons. The van der Waals surface area contributed by atoms with Gasteiger partial charge in [-0.25, -0.2) is 0 Å². The molecule has 14 heavy (non-hydrogen) atoms. The van der Waals surface area contributed by atoms with Crippen LogP contribution in [0, 0.1) is 17.2 Å². The van der Waals surface area contributed by atoms with Crippen LogP contribution in [-0.2, 0) is 4.74 Å². The topological polar surface area (TPSA) is 33.0 Å². The molecule has 0 aromatic heterocycles. The first-order valence-corrected chi connectivity index (χ1v) is 5.21. The van der Waals surface area contributed by atoms with Gasteiger partial charge in [0.2, 0.25) is 0 Å². The van der Waals surface area contributed by atoms with Gasteiger partial charge < -0.3 is 4.74 Å². The van der Waals surface area contributed by atoms with Crippen LogP contribution >= 0.6 is 11.8 Å². The molecule has 0 heterocycles. The van der Waals surface area contributed by atoms with Crippen LogP contribution in [0.2, 0.25) is 0 Å². The number of thioether (sulfide) groups is 1. The second-order valence-corrected chi connectivity index (χ2v) is 3.79.